The molecule has 1 saturated carbocycles. The Morgan fingerprint density at radius 2 is 1.30 bits per heavy atom. The first-order valence-electron chi connectivity index (χ1n) is 14.5. The summed E-state index contributed by atoms with van der Waals surface area (Å²) in [6, 6.07) is 21.4. The fraction of sp³-hybridized carbons (Fsp3) is 0.394. The number of hydrogen-bond donors (Lipinski definition) is 2. The predicted molar refractivity (Wildman–Crippen MR) is 169 cm³/mol. The number of benzene rings is 3. The first-order valence-corrected chi connectivity index (χ1v) is 18.9. The second-order valence-electron chi connectivity index (χ2n) is 12.7. The van der Waals surface area contributed by atoms with E-state index in [9.17, 15) is 23.1 Å². The zero-order valence-electron chi connectivity index (χ0n) is 25.9. The van der Waals surface area contributed by atoms with Gasteiger partial charge in [0.1, 0.15) is 6.10 Å². The third-order valence-electron chi connectivity index (χ3n) is 8.48. The number of carbonyl (C=O) groups is 2. The number of aryl methyl sites for hydroxylation is 1. The highest BCUT2D eigenvalue weighted by atomic mass is 32.2. The Bertz CT molecular complexity index is 1540. The maximum atomic E-state index is 13.6. The second-order valence-corrected chi connectivity index (χ2v) is 19.2. The van der Waals surface area contributed by atoms with Crippen LogP contribution >= 0.6 is 0 Å². The normalized spacial score (nSPS) is 22.4. The number of aliphatic hydroxyl groups excluding tert-OH is 1. The Balaban J connectivity index is 1.75. The molecule has 0 unspecified atom stereocenters. The molecule has 4 rings (SSSR count). The number of nitrogens with one attached hydrogen (secondary N) is 1. The van der Waals surface area contributed by atoms with Crippen LogP contribution in [0.15, 0.2) is 89.8 Å². The number of sulfonamides is 1. The van der Waals surface area contributed by atoms with Crippen LogP contribution in [0.5, 0.6) is 0 Å². The summed E-state index contributed by atoms with van der Waals surface area (Å²) in [5, 5.41) is 11.6. The standard InChI is InChI=1S/C33H41NO8SSi/c1-22-17-19-25(20-18-22)43(38,39)34-27-28(35)26(21-40-44(5,6)33(2,3)4)29(41-31(36)23-13-9-7-10-14-23)30(27)42-32(37)24-15-11-8-12-16-24/h7-20,26-30,34-35H,21H2,1-6H3/t26-,27-,28-,29+,30+/m0/s1. The molecular weight excluding hydrogens is 599 g/mol. The first-order chi connectivity index (χ1) is 20.6. The van der Waals surface area contributed by atoms with Crippen molar-refractivity contribution in [1.82, 2.24) is 4.72 Å². The van der Waals surface area contributed by atoms with Crippen LogP contribution in [-0.2, 0) is 23.9 Å². The van der Waals surface area contributed by atoms with Crippen molar-refractivity contribution in [2.24, 2.45) is 5.92 Å². The molecule has 11 heteroatoms. The van der Waals surface area contributed by atoms with Crippen LogP contribution in [0.4, 0.5) is 0 Å². The van der Waals surface area contributed by atoms with Crippen LogP contribution in [0.3, 0.4) is 0 Å². The Kier molecular flexibility index (Phi) is 10.2. The molecule has 3 aromatic carbocycles. The Hall–Kier alpha value is -3.35. The third-order valence-corrected chi connectivity index (χ3v) is 14.5. The smallest absolute Gasteiger partial charge is 0.338 e. The van der Waals surface area contributed by atoms with Crippen LogP contribution in [0.2, 0.25) is 18.1 Å². The van der Waals surface area contributed by atoms with Gasteiger partial charge in [0.15, 0.2) is 14.4 Å². The summed E-state index contributed by atoms with van der Waals surface area (Å²) >= 11 is 0. The molecule has 44 heavy (non-hydrogen) atoms. The van der Waals surface area contributed by atoms with Crippen molar-refractivity contribution in [3.05, 3.63) is 102 Å². The lowest BCUT2D eigenvalue weighted by atomic mass is 10.0. The maximum Gasteiger partial charge on any atom is 0.338 e. The largest absolute Gasteiger partial charge is 0.454 e. The van der Waals surface area contributed by atoms with Gasteiger partial charge in [0, 0.05) is 12.5 Å². The minimum atomic E-state index is -4.19. The molecule has 2 N–H and O–H groups in total. The molecule has 1 aliphatic rings. The number of aliphatic hydroxyl groups is 1. The summed E-state index contributed by atoms with van der Waals surface area (Å²) < 4.78 is 48.0. The highest BCUT2D eigenvalue weighted by Gasteiger charge is 2.56. The van der Waals surface area contributed by atoms with Gasteiger partial charge in [-0.15, -0.1) is 0 Å². The second kappa shape index (κ2) is 13.3. The van der Waals surface area contributed by atoms with E-state index in [4.69, 9.17) is 13.9 Å². The van der Waals surface area contributed by atoms with Gasteiger partial charge in [-0.05, 0) is 61.5 Å². The van der Waals surface area contributed by atoms with E-state index < -0.39 is 60.6 Å². The molecule has 0 saturated heterocycles. The summed E-state index contributed by atoms with van der Waals surface area (Å²) in [7, 11) is -6.56. The van der Waals surface area contributed by atoms with Crippen molar-refractivity contribution in [3.63, 3.8) is 0 Å². The van der Waals surface area contributed by atoms with Crippen LogP contribution in [0, 0.1) is 12.8 Å². The average Bonchev–Trinajstić information content (AvgIpc) is 3.20. The third kappa shape index (κ3) is 7.64. The van der Waals surface area contributed by atoms with Crippen LogP contribution in [0.1, 0.15) is 47.1 Å². The summed E-state index contributed by atoms with van der Waals surface area (Å²) in [6.45, 7) is 12.1. The van der Waals surface area contributed by atoms with Crippen molar-refractivity contribution < 1.29 is 37.0 Å². The molecule has 1 fully saturated rings. The first kappa shape index (κ1) is 33.5. The highest BCUT2D eigenvalue weighted by Crippen LogP contribution is 2.40. The number of carbonyl (C=O) groups excluding carboxylic acids is 2. The summed E-state index contributed by atoms with van der Waals surface area (Å²) in [4.78, 5) is 26.7. The van der Waals surface area contributed by atoms with Crippen molar-refractivity contribution in [2.75, 3.05) is 6.61 Å². The molecule has 1 aliphatic carbocycles. The Labute approximate surface area is 260 Å². The topological polar surface area (TPSA) is 128 Å². The number of esters is 2. The summed E-state index contributed by atoms with van der Waals surface area (Å²) in [5.41, 5.74) is 1.34. The van der Waals surface area contributed by atoms with Crippen molar-refractivity contribution >= 4 is 30.3 Å². The molecule has 0 heterocycles. The molecule has 0 spiro atoms. The number of ether oxygens (including phenoxy) is 2. The molecule has 0 amide bonds. The average molecular weight is 640 g/mol. The van der Waals surface area contributed by atoms with Gasteiger partial charge < -0.3 is 19.0 Å². The Morgan fingerprint density at radius 1 is 0.818 bits per heavy atom. The lowest BCUT2D eigenvalue weighted by molar-refractivity contribution is -0.0456. The van der Waals surface area contributed by atoms with Crippen LogP contribution in [0.25, 0.3) is 0 Å². The quantitative estimate of drug-likeness (QED) is 0.232. The molecule has 5 atom stereocenters. The molecule has 0 bridgehead atoms. The van der Waals surface area contributed by atoms with Crippen LogP contribution in [-0.4, -0.2) is 64.7 Å². The van der Waals surface area contributed by atoms with E-state index >= 15 is 0 Å². The molecule has 0 aromatic heterocycles. The zero-order chi connectivity index (χ0) is 32.3. The fourth-order valence-electron chi connectivity index (χ4n) is 4.75. The van der Waals surface area contributed by atoms with E-state index in [-0.39, 0.29) is 27.7 Å². The van der Waals surface area contributed by atoms with Crippen molar-refractivity contribution in [2.45, 2.75) is 75.1 Å². The number of hydrogen-bond acceptors (Lipinski definition) is 8. The van der Waals surface area contributed by atoms with E-state index in [2.05, 4.69) is 25.5 Å². The molecule has 3 aromatic rings. The monoisotopic (exact) mass is 639 g/mol. The molecule has 9 nitrogen and oxygen atoms in total. The highest BCUT2D eigenvalue weighted by molar-refractivity contribution is 7.89. The van der Waals surface area contributed by atoms with Gasteiger partial charge in [0.25, 0.3) is 0 Å². The van der Waals surface area contributed by atoms with Gasteiger partial charge in [-0.25, -0.2) is 22.7 Å². The molecule has 236 valence electrons. The fourth-order valence-corrected chi connectivity index (χ4v) is 7.05. The Morgan fingerprint density at radius 3 is 1.77 bits per heavy atom. The van der Waals surface area contributed by atoms with Gasteiger partial charge >= 0.3 is 11.9 Å². The molecular formula is C33H41NO8SSi. The molecule has 0 radical (unpaired) electrons. The summed E-state index contributed by atoms with van der Waals surface area (Å²) in [6.07, 6.45) is -4.04. The van der Waals surface area contributed by atoms with E-state index in [1.807, 2.05) is 20.0 Å². The van der Waals surface area contributed by atoms with E-state index in [0.29, 0.717) is 0 Å². The van der Waals surface area contributed by atoms with Gasteiger partial charge in [0.05, 0.1) is 28.2 Å². The summed E-state index contributed by atoms with van der Waals surface area (Å²) in [5.74, 6) is -2.38. The molecule has 0 aliphatic heterocycles. The van der Waals surface area contributed by atoms with Gasteiger partial charge in [-0.3, -0.25) is 0 Å². The van der Waals surface area contributed by atoms with Crippen molar-refractivity contribution in [1.29, 1.82) is 0 Å². The minimum absolute atomic E-state index is 0.0257. The maximum absolute atomic E-state index is 13.6. The lowest BCUT2D eigenvalue weighted by Gasteiger charge is -2.38. The number of rotatable bonds is 10. The van der Waals surface area contributed by atoms with Gasteiger partial charge in [0.2, 0.25) is 10.0 Å². The minimum Gasteiger partial charge on any atom is -0.454 e. The zero-order valence-corrected chi connectivity index (χ0v) is 27.7. The van der Waals surface area contributed by atoms with E-state index in [1.165, 1.54) is 12.1 Å². The lowest BCUT2D eigenvalue weighted by Crippen LogP contribution is -2.50. The van der Waals surface area contributed by atoms with Crippen LogP contribution < -0.4 is 4.72 Å². The SMILES string of the molecule is Cc1ccc(S(=O)(=O)N[C@H]2[C@@H](O)[C@H](CO[Si](C)(C)C(C)(C)C)[C@@H](OC(=O)c3ccccc3)[C@@H]2OC(=O)c2ccccc2)cc1. The van der Waals surface area contributed by atoms with E-state index in [1.54, 1.807) is 72.8 Å². The predicted octanol–water partition coefficient (Wildman–Crippen LogP) is 5.11. The van der Waals surface area contributed by atoms with E-state index in [0.717, 1.165) is 5.56 Å². The van der Waals surface area contributed by atoms with Gasteiger partial charge in [-0.2, -0.15) is 0 Å². The van der Waals surface area contributed by atoms with Gasteiger partial charge in [-0.1, -0.05) is 74.9 Å². The van der Waals surface area contributed by atoms with Crippen molar-refractivity contribution in [3.8, 4) is 0 Å².